The van der Waals surface area contributed by atoms with Gasteiger partial charge in [0, 0.05) is 32.1 Å². The Balaban J connectivity index is 1.43. The second-order valence-corrected chi connectivity index (χ2v) is 8.99. The third kappa shape index (κ3) is 4.26. The minimum absolute atomic E-state index is 0.156. The lowest BCUT2D eigenvalue weighted by Crippen LogP contribution is -2.40. The van der Waals surface area contributed by atoms with Gasteiger partial charge in [-0.2, -0.15) is 4.57 Å². The molecule has 1 N–H and O–H groups in total. The molecule has 1 aromatic heterocycles. The van der Waals surface area contributed by atoms with Gasteiger partial charge in [0.05, 0.1) is 38.4 Å². The van der Waals surface area contributed by atoms with Gasteiger partial charge in [0.1, 0.15) is 6.61 Å². The van der Waals surface area contributed by atoms with Crippen LogP contribution in [-0.4, -0.2) is 63.7 Å². The second-order valence-electron chi connectivity index (χ2n) is 8.99. The quantitative estimate of drug-likeness (QED) is 0.541. The van der Waals surface area contributed by atoms with Gasteiger partial charge in [-0.25, -0.2) is 0 Å². The zero-order chi connectivity index (χ0) is 23.7. The van der Waals surface area contributed by atoms with Crippen LogP contribution in [0.1, 0.15) is 18.4 Å². The fraction of sp³-hybridized carbons (Fsp3) is 0.444. The Morgan fingerprint density at radius 2 is 1.74 bits per heavy atom. The Bertz CT molecular complexity index is 1190. The zero-order valence-electron chi connectivity index (χ0n) is 20.2. The lowest BCUT2D eigenvalue weighted by molar-refractivity contribution is -0.686. The molecule has 3 heterocycles. The Hall–Kier alpha value is -3.03. The summed E-state index contributed by atoms with van der Waals surface area (Å²) in [5.41, 5.74) is 3.57. The van der Waals surface area contributed by atoms with E-state index >= 15 is 0 Å². The number of methoxy groups -OCH3 is 3. The van der Waals surface area contributed by atoms with E-state index in [0.29, 0.717) is 6.61 Å². The summed E-state index contributed by atoms with van der Waals surface area (Å²) >= 11 is 0. The summed E-state index contributed by atoms with van der Waals surface area (Å²) in [7, 11) is 5.04. The van der Waals surface area contributed by atoms with E-state index in [9.17, 15) is 5.11 Å². The average molecular weight is 466 g/mol. The van der Waals surface area contributed by atoms with Gasteiger partial charge < -0.3 is 24.1 Å². The standard InChI is InChI=1S/C27H33N2O5/c1-31-25-15-19-6-11-29-17-22-18(14-23(29)21(19)16-26(25)32-2)4-5-24(27(22)33-3)34-13-12-28-9-7-20(30)8-10-28/h4-5,14-17,20,30H,6-13H2,1-3H3/q+1. The molecule has 1 saturated heterocycles. The molecule has 0 spiro atoms. The van der Waals surface area contributed by atoms with Crippen LogP contribution < -0.4 is 23.5 Å². The number of fused-ring (bicyclic) bond motifs is 4. The molecule has 0 aliphatic carbocycles. The molecular formula is C27H33N2O5+. The number of aryl methyl sites for hydroxylation is 2. The molecule has 0 radical (unpaired) electrons. The van der Waals surface area contributed by atoms with Gasteiger partial charge in [-0.05, 0) is 48.1 Å². The molecular weight excluding hydrogens is 432 g/mol. The highest BCUT2D eigenvalue weighted by atomic mass is 16.5. The first-order chi connectivity index (χ1) is 16.6. The molecule has 0 saturated carbocycles. The van der Waals surface area contributed by atoms with E-state index in [0.717, 1.165) is 90.5 Å². The van der Waals surface area contributed by atoms with Crippen LogP contribution >= 0.6 is 0 Å². The summed E-state index contributed by atoms with van der Waals surface area (Å²) in [4.78, 5) is 2.34. The van der Waals surface area contributed by atoms with Crippen LogP contribution in [-0.2, 0) is 13.0 Å². The fourth-order valence-corrected chi connectivity index (χ4v) is 5.09. The maximum absolute atomic E-state index is 9.70. The maximum Gasteiger partial charge on any atom is 0.213 e. The maximum atomic E-state index is 9.70. The molecule has 0 amide bonds. The number of hydrogen-bond donors (Lipinski definition) is 1. The number of rotatable bonds is 7. The van der Waals surface area contributed by atoms with Crippen molar-refractivity contribution in [3.8, 4) is 34.3 Å². The monoisotopic (exact) mass is 465 g/mol. The number of pyridine rings is 1. The van der Waals surface area contributed by atoms with Crippen molar-refractivity contribution in [3.63, 3.8) is 0 Å². The van der Waals surface area contributed by atoms with E-state index in [1.165, 1.54) is 5.56 Å². The van der Waals surface area contributed by atoms with Crippen LogP contribution in [0.3, 0.4) is 0 Å². The molecule has 2 aliphatic rings. The third-order valence-electron chi connectivity index (χ3n) is 7.01. The molecule has 2 aromatic carbocycles. The number of aromatic nitrogens is 1. The fourth-order valence-electron chi connectivity index (χ4n) is 5.09. The topological polar surface area (TPSA) is 64.3 Å². The van der Waals surface area contributed by atoms with Gasteiger partial charge >= 0.3 is 0 Å². The Labute approximate surface area is 200 Å². The summed E-state index contributed by atoms with van der Waals surface area (Å²) in [5.74, 6) is 3.02. The number of hydrogen-bond acceptors (Lipinski definition) is 6. The van der Waals surface area contributed by atoms with Crippen LogP contribution in [0.15, 0.2) is 36.5 Å². The van der Waals surface area contributed by atoms with E-state index in [1.807, 2.05) is 6.07 Å². The highest BCUT2D eigenvalue weighted by molar-refractivity contribution is 5.91. The SMILES string of the molecule is COc1cc2c(cc1OC)-c1cc3ccc(OCCN4CCC(O)CC4)c(OC)c3c[n+]1CC2. The number of piperidine rings is 1. The highest BCUT2D eigenvalue weighted by Gasteiger charge is 2.27. The number of aliphatic hydroxyl groups is 1. The number of ether oxygens (including phenoxy) is 4. The Kier molecular flexibility index (Phi) is 6.48. The summed E-state index contributed by atoms with van der Waals surface area (Å²) in [6.07, 6.45) is 4.60. The molecule has 7 nitrogen and oxygen atoms in total. The van der Waals surface area contributed by atoms with Crippen molar-refractivity contribution in [2.75, 3.05) is 47.6 Å². The molecule has 180 valence electrons. The van der Waals surface area contributed by atoms with Crippen molar-refractivity contribution >= 4 is 10.8 Å². The molecule has 0 bridgehead atoms. The molecule has 1 fully saturated rings. The highest BCUT2D eigenvalue weighted by Crippen LogP contribution is 2.40. The van der Waals surface area contributed by atoms with E-state index < -0.39 is 0 Å². The molecule has 2 aliphatic heterocycles. The Morgan fingerprint density at radius 3 is 2.47 bits per heavy atom. The van der Waals surface area contributed by atoms with Gasteiger partial charge in [-0.1, -0.05) is 0 Å². The van der Waals surface area contributed by atoms with Gasteiger partial charge in [-0.15, -0.1) is 0 Å². The predicted molar refractivity (Wildman–Crippen MR) is 130 cm³/mol. The molecule has 7 heteroatoms. The average Bonchev–Trinajstić information content (AvgIpc) is 2.87. The first-order valence-electron chi connectivity index (χ1n) is 11.9. The van der Waals surface area contributed by atoms with Gasteiger partial charge in [-0.3, -0.25) is 4.90 Å². The minimum atomic E-state index is -0.156. The molecule has 0 atom stereocenters. The van der Waals surface area contributed by atoms with Gasteiger partial charge in [0.25, 0.3) is 0 Å². The lowest BCUT2D eigenvalue weighted by Gasteiger charge is -2.29. The second kappa shape index (κ2) is 9.68. The first kappa shape index (κ1) is 22.7. The van der Waals surface area contributed by atoms with E-state index in [-0.39, 0.29) is 6.10 Å². The van der Waals surface area contributed by atoms with E-state index in [4.69, 9.17) is 18.9 Å². The largest absolute Gasteiger partial charge is 0.493 e. The summed E-state index contributed by atoms with van der Waals surface area (Å²) < 4.78 is 25.3. The van der Waals surface area contributed by atoms with Crippen LogP contribution in [0.2, 0.25) is 0 Å². The Morgan fingerprint density at radius 1 is 0.971 bits per heavy atom. The zero-order valence-corrected chi connectivity index (χ0v) is 20.2. The van der Waals surface area contributed by atoms with E-state index in [2.05, 4.69) is 39.9 Å². The number of aliphatic hydroxyl groups excluding tert-OH is 1. The minimum Gasteiger partial charge on any atom is -0.493 e. The van der Waals surface area contributed by atoms with Crippen LogP contribution in [0, 0.1) is 0 Å². The summed E-state index contributed by atoms with van der Waals surface area (Å²) in [6, 6.07) is 10.5. The third-order valence-corrected chi connectivity index (χ3v) is 7.01. The molecule has 5 rings (SSSR count). The van der Waals surface area contributed by atoms with E-state index in [1.54, 1.807) is 21.3 Å². The van der Waals surface area contributed by atoms with Crippen LogP contribution in [0.25, 0.3) is 22.0 Å². The first-order valence-corrected chi connectivity index (χ1v) is 11.9. The van der Waals surface area contributed by atoms with Crippen molar-refractivity contribution in [1.29, 1.82) is 0 Å². The molecule has 3 aromatic rings. The van der Waals surface area contributed by atoms with Crippen LogP contribution in [0.5, 0.6) is 23.0 Å². The van der Waals surface area contributed by atoms with Gasteiger partial charge in [0.2, 0.25) is 5.69 Å². The smallest absolute Gasteiger partial charge is 0.213 e. The molecule has 34 heavy (non-hydrogen) atoms. The van der Waals surface area contributed by atoms with Crippen molar-refractivity contribution < 1.29 is 28.6 Å². The normalized spacial score (nSPS) is 16.1. The molecule has 0 unspecified atom stereocenters. The number of nitrogens with zero attached hydrogens (tertiary/aromatic N) is 2. The predicted octanol–water partition coefficient (Wildman–Crippen LogP) is 3.21. The van der Waals surface area contributed by atoms with Crippen molar-refractivity contribution in [2.24, 2.45) is 0 Å². The van der Waals surface area contributed by atoms with Gasteiger partial charge in [0.15, 0.2) is 35.7 Å². The van der Waals surface area contributed by atoms with Crippen molar-refractivity contribution in [1.82, 2.24) is 4.90 Å². The summed E-state index contributed by atoms with van der Waals surface area (Å²) in [5, 5.41) is 11.8. The van der Waals surface area contributed by atoms with Crippen LogP contribution in [0.4, 0.5) is 0 Å². The lowest BCUT2D eigenvalue weighted by atomic mass is 9.95. The summed E-state index contributed by atoms with van der Waals surface area (Å²) in [6.45, 7) is 4.14. The number of likely N-dealkylation sites (tertiary alicyclic amines) is 1. The van der Waals surface area contributed by atoms with Crippen molar-refractivity contribution in [2.45, 2.75) is 31.9 Å². The number of benzene rings is 2. The van der Waals surface area contributed by atoms with Crippen molar-refractivity contribution in [3.05, 3.63) is 42.1 Å².